The van der Waals surface area contributed by atoms with Crippen LogP contribution in [0.4, 0.5) is 0 Å². The minimum Gasteiger partial charge on any atom is -0.393 e. The molecule has 1 unspecified atom stereocenters. The van der Waals surface area contributed by atoms with Gasteiger partial charge in [0, 0.05) is 5.41 Å². The van der Waals surface area contributed by atoms with E-state index in [9.17, 15) is 10.2 Å². The van der Waals surface area contributed by atoms with E-state index in [1.54, 1.807) is 0 Å². The van der Waals surface area contributed by atoms with Crippen LogP contribution in [0.5, 0.6) is 0 Å². The van der Waals surface area contributed by atoms with Gasteiger partial charge in [0.05, 0.1) is 6.10 Å². The molecule has 1 saturated carbocycles. The molecule has 1 saturated heterocycles. The molecule has 0 radical (unpaired) electrons. The summed E-state index contributed by atoms with van der Waals surface area (Å²) >= 11 is 0. The average Bonchev–Trinajstić information content (AvgIpc) is 3.06. The molecule has 0 spiro atoms. The van der Waals surface area contributed by atoms with Crippen LogP contribution in [0.3, 0.4) is 0 Å². The molecule has 2 N–H and O–H groups in total. The Hall–Kier alpha value is -0.640. The number of hydrogen-bond acceptors (Lipinski definition) is 3. The predicted octanol–water partition coefficient (Wildman–Crippen LogP) is 1.80. The van der Waals surface area contributed by atoms with Crippen molar-refractivity contribution in [2.75, 3.05) is 0 Å². The molecule has 2 aliphatic carbocycles. The molecule has 0 bridgehead atoms. The Morgan fingerprint density at radius 3 is 2.78 bits per heavy atom. The Balaban J connectivity index is 2.07. The van der Waals surface area contributed by atoms with E-state index in [0.717, 1.165) is 18.4 Å². The molecule has 0 aromatic heterocycles. The van der Waals surface area contributed by atoms with E-state index in [0.29, 0.717) is 0 Å². The molecule has 2 fully saturated rings. The Morgan fingerprint density at radius 1 is 1.50 bits per heavy atom. The Labute approximate surface area is 108 Å². The molecular formula is C15H22O3. The highest BCUT2D eigenvalue weighted by Crippen LogP contribution is 2.64. The number of epoxide rings is 1. The summed E-state index contributed by atoms with van der Waals surface area (Å²) in [6, 6.07) is 0. The molecule has 3 aliphatic rings. The molecular weight excluding hydrogens is 228 g/mol. The molecule has 1 heterocycles. The average molecular weight is 250 g/mol. The van der Waals surface area contributed by atoms with Gasteiger partial charge < -0.3 is 14.9 Å². The van der Waals surface area contributed by atoms with Crippen LogP contribution in [-0.4, -0.2) is 34.1 Å². The third kappa shape index (κ3) is 1.20. The van der Waals surface area contributed by atoms with Gasteiger partial charge in [-0.25, -0.2) is 0 Å². The molecule has 18 heavy (non-hydrogen) atoms. The van der Waals surface area contributed by atoms with Crippen molar-refractivity contribution in [3.05, 3.63) is 23.8 Å². The first-order valence-electron chi connectivity index (χ1n) is 6.76. The van der Waals surface area contributed by atoms with Crippen molar-refractivity contribution in [1.82, 2.24) is 0 Å². The first-order chi connectivity index (χ1) is 8.35. The third-order valence-corrected chi connectivity index (χ3v) is 5.58. The van der Waals surface area contributed by atoms with Crippen molar-refractivity contribution >= 4 is 0 Å². The van der Waals surface area contributed by atoms with Crippen LogP contribution in [0.15, 0.2) is 23.8 Å². The minimum absolute atomic E-state index is 0.0394. The number of hydrogen-bond donors (Lipinski definition) is 2. The molecule has 0 aromatic rings. The third-order valence-electron chi connectivity index (χ3n) is 5.58. The minimum atomic E-state index is -0.608. The molecule has 3 nitrogen and oxygen atoms in total. The number of aliphatic hydroxyl groups is 2. The van der Waals surface area contributed by atoms with E-state index in [1.165, 1.54) is 5.57 Å². The second-order valence-corrected chi connectivity index (χ2v) is 6.39. The highest BCUT2D eigenvalue weighted by Gasteiger charge is 2.72. The maximum absolute atomic E-state index is 10.3. The number of fused-ring (bicyclic) bond motifs is 3. The van der Waals surface area contributed by atoms with Crippen molar-refractivity contribution in [3.8, 4) is 0 Å². The summed E-state index contributed by atoms with van der Waals surface area (Å²) in [6.45, 7) is 10.1. The number of rotatable bonds is 1. The summed E-state index contributed by atoms with van der Waals surface area (Å²) in [6.07, 6.45) is 2.66. The molecule has 3 rings (SSSR count). The Bertz CT molecular complexity index is 441. The highest BCUT2D eigenvalue weighted by molar-refractivity contribution is 5.43. The summed E-state index contributed by atoms with van der Waals surface area (Å²) in [5.41, 5.74) is 1.34. The molecule has 0 aromatic carbocycles. The number of aliphatic hydroxyl groups excluding tert-OH is 2. The van der Waals surface area contributed by atoms with Crippen LogP contribution in [-0.2, 0) is 4.74 Å². The van der Waals surface area contributed by atoms with Gasteiger partial charge in [-0.05, 0) is 31.3 Å². The van der Waals surface area contributed by atoms with Crippen molar-refractivity contribution in [1.29, 1.82) is 0 Å². The normalized spacial score (nSPS) is 54.2. The summed E-state index contributed by atoms with van der Waals surface area (Å²) in [4.78, 5) is 0. The molecule has 1 aliphatic heterocycles. The molecule has 3 heteroatoms. The van der Waals surface area contributed by atoms with Gasteiger partial charge in [-0.15, -0.1) is 0 Å². The zero-order chi connectivity index (χ0) is 13.3. The lowest BCUT2D eigenvalue weighted by atomic mass is 9.56. The van der Waals surface area contributed by atoms with Gasteiger partial charge in [0.1, 0.15) is 17.8 Å². The fourth-order valence-electron chi connectivity index (χ4n) is 4.03. The lowest BCUT2D eigenvalue weighted by Gasteiger charge is -2.47. The fraction of sp³-hybridized carbons (Fsp3) is 0.733. The van der Waals surface area contributed by atoms with Crippen LogP contribution < -0.4 is 0 Å². The lowest BCUT2D eigenvalue weighted by Crippen LogP contribution is -2.51. The Morgan fingerprint density at radius 2 is 2.17 bits per heavy atom. The molecule has 6 atom stereocenters. The number of ether oxygens (including phenoxy) is 1. The van der Waals surface area contributed by atoms with E-state index in [1.807, 2.05) is 13.0 Å². The fourth-order valence-corrected chi connectivity index (χ4v) is 4.03. The van der Waals surface area contributed by atoms with E-state index < -0.39 is 11.7 Å². The van der Waals surface area contributed by atoms with Crippen molar-refractivity contribution in [2.24, 2.45) is 11.3 Å². The van der Waals surface area contributed by atoms with Crippen LogP contribution in [0.1, 0.15) is 33.6 Å². The van der Waals surface area contributed by atoms with Crippen molar-refractivity contribution in [2.45, 2.75) is 57.5 Å². The van der Waals surface area contributed by atoms with E-state index in [-0.39, 0.29) is 23.5 Å². The maximum Gasteiger partial charge on any atom is 0.145 e. The summed E-state index contributed by atoms with van der Waals surface area (Å²) in [5.74, 6) is 0.149. The largest absolute Gasteiger partial charge is 0.393 e. The van der Waals surface area contributed by atoms with Crippen LogP contribution >= 0.6 is 0 Å². The monoisotopic (exact) mass is 250 g/mol. The first kappa shape index (κ1) is 12.4. The SMILES string of the molecule is C=C(C)[C@@]12O[C@@H]1[C@@]1(C)C(=CC2O)CC[C@@H](O)[C@@H]1C. The zero-order valence-electron chi connectivity index (χ0n) is 11.3. The topological polar surface area (TPSA) is 53.0 Å². The lowest BCUT2D eigenvalue weighted by molar-refractivity contribution is 0.00744. The predicted molar refractivity (Wildman–Crippen MR) is 69.0 cm³/mol. The summed E-state index contributed by atoms with van der Waals surface area (Å²) < 4.78 is 5.92. The van der Waals surface area contributed by atoms with Crippen LogP contribution in [0, 0.1) is 11.3 Å². The molecule has 0 amide bonds. The standard InChI is InChI=1S/C15H22O3/c1-8(2)15-12(17)7-10-5-6-11(16)9(3)14(10,4)13(15)18-15/h7,9,11-13,16-17H,1,5-6H2,2-4H3/t9-,11+,12?,13+,14+,15-/m0/s1. The molecule has 100 valence electrons. The first-order valence-corrected chi connectivity index (χ1v) is 6.76. The van der Waals surface area contributed by atoms with Gasteiger partial charge >= 0.3 is 0 Å². The van der Waals surface area contributed by atoms with Gasteiger partial charge in [0.2, 0.25) is 0 Å². The maximum atomic E-state index is 10.3. The highest BCUT2D eigenvalue weighted by atomic mass is 16.6. The smallest absolute Gasteiger partial charge is 0.145 e. The van der Waals surface area contributed by atoms with E-state index in [4.69, 9.17) is 4.74 Å². The van der Waals surface area contributed by atoms with E-state index >= 15 is 0 Å². The quantitative estimate of drug-likeness (QED) is 0.551. The summed E-state index contributed by atoms with van der Waals surface area (Å²) in [7, 11) is 0. The van der Waals surface area contributed by atoms with Crippen LogP contribution in [0.2, 0.25) is 0 Å². The Kier molecular flexibility index (Phi) is 2.39. The van der Waals surface area contributed by atoms with Crippen molar-refractivity contribution < 1.29 is 14.9 Å². The summed E-state index contributed by atoms with van der Waals surface area (Å²) in [5, 5.41) is 20.5. The second-order valence-electron chi connectivity index (χ2n) is 6.39. The van der Waals surface area contributed by atoms with E-state index in [2.05, 4.69) is 20.4 Å². The second kappa shape index (κ2) is 3.47. The van der Waals surface area contributed by atoms with Gasteiger partial charge in [-0.2, -0.15) is 0 Å². The van der Waals surface area contributed by atoms with Gasteiger partial charge in [-0.3, -0.25) is 0 Å². The van der Waals surface area contributed by atoms with Crippen LogP contribution in [0.25, 0.3) is 0 Å². The van der Waals surface area contributed by atoms with Gasteiger partial charge in [0.25, 0.3) is 0 Å². The van der Waals surface area contributed by atoms with Crippen molar-refractivity contribution in [3.63, 3.8) is 0 Å². The zero-order valence-corrected chi connectivity index (χ0v) is 11.3. The van der Waals surface area contributed by atoms with Gasteiger partial charge in [-0.1, -0.05) is 32.1 Å². The van der Waals surface area contributed by atoms with Gasteiger partial charge in [0.15, 0.2) is 0 Å².